The fourth-order valence-corrected chi connectivity index (χ4v) is 4.48. The van der Waals surface area contributed by atoms with Crippen LogP contribution in [0.4, 0.5) is 0 Å². The summed E-state index contributed by atoms with van der Waals surface area (Å²) >= 11 is 0. The van der Waals surface area contributed by atoms with Crippen LogP contribution >= 0.6 is 0 Å². The van der Waals surface area contributed by atoms with Crippen LogP contribution in [0.15, 0.2) is 17.6 Å². The lowest BCUT2D eigenvalue weighted by molar-refractivity contribution is 0.0633. The molecule has 2 aliphatic heterocycles. The number of hydrogen-bond donors (Lipinski definition) is 1. The molecule has 2 fully saturated rings. The van der Waals surface area contributed by atoms with Gasteiger partial charge in [-0.3, -0.25) is 0 Å². The summed E-state index contributed by atoms with van der Waals surface area (Å²) < 4.78 is 33.7. The Morgan fingerprint density at radius 2 is 2.25 bits per heavy atom. The predicted octanol–water partition coefficient (Wildman–Crippen LogP) is -0.453. The zero-order valence-electron chi connectivity index (χ0n) is 11.5. The molecule has 0 amide bonds. The van der Waals surface area contributed by atoms with Crippen molar-refractivity contribution in [2.45, 2.75) is 30.0 Å². The van der Waals surface area contributed by atoms with Gasteiger partial charge in [0, 0.05) is 44.9 Å². The molecule has 8 heteroatoms. The van der Waals surface area contributed by atoms with Crippen molar-refractivity contribution in [1.82, 2.24) is 13.9 Å². The van der Waals surface area contributed by atoms with Crippen LogP contribution in [0.3, 0.4) is 0 Å². The lowest BCUT2D eigenvalue weighted by Gasteiger charge is -2.20. The van der Waals surface area contributed by atoms with Crippen molar-refractivity contribution in [3.63, 3.8) is 0 Å². The molecule has 0 bridgehead atoms. The molecule has 3 rings (SSSR count). The quantitative estimate of drug-likeness (QED) is 0.816. The van der Waals surface area contributed by atoms with Gasteiger partial charge < -0.3 is 15.0 Å². The highest BCUT2D eigenvalue weighted by molar-refractivity contribution is 7.89. The minimum absolute atomic E-state index is 0.0796. The Morgan fingerprint density at radius 3 is 2.85 bits per heavy atom. The molecular formula is C12H20N4O3S. The van der Waals surface area contributed by atoms with E-state index in [1.54, 1.807) is 11.6 Å². The van der Waals surface area contributed by atoms with E-state index in [1.165, 1.54) is 16.8 Å². The van der Waals surface area contributed by atoms with Gasteiger partial charge in [-0.15, -0.1) is 0 Å². The number of imidazole rings is 1. The van der Waals surface area contributed by atoms with Gasteiger partial charge in [0.2, 0.25) is 0 Å². The molecule has 112 valence electrons. The molecule has 7 nitrogen and oxygen atoms in total. The second kappa shape index (κ2) is 5.10. The number of sulfonamides is 1. The summed E-state index contributed by atoms with van der Waals surface area (Å²) in [5, 5.41) is 0.0835. The molecule has 1 aromatic heterocycles. The van der Waals surface area contributed by atoms with Gasteiger partial charge >= 0.3 is 0 Å². The minimum Gasteiger partial charge on any atom is -0.378 e. The fourth-order valence-electron chi connectivity index (χ4n) is 3.00. The maximum atomic E-state index is 12.5. The van der Waals surface area contributed by atoms with Gasteiger partial charge in [-0.25, -0.2) is 13.4 Å². The number of ether oxygens (including phenoxy) is 1. The highest BCUT2D eigenvalue weighted by atomic mass is 32.2. The monoisotopic (exact) mass is 300 g/mol. The number of hydrogen-bond acceptors (Lipinski definition) is 5. The summed E-state index contributed by atoms with van der Waals surface area (Å²) in [6.45, 7) is 1.51. The van der Waals surface area contributed by atoms with E-state index in [1.807, 2.05) is 0 Å². The maximum absolute atomic E-state index is 12.5. The van der Waals surface area contributed by atoms with E-state index < -0.39 is 10.0 Å². The van der Waals surface area contributed by atoms with Gasteiger partial charge in [0.1, 0.15) is 0 Å². The Bertz CT molecular complexity index is 579. The first kappa shape index (κ1) is 14.0. The van der Waals surface area contributed by atoms with Crippen molar-refractivity contribution in [3.8, 4) is 0 Å². The number of aryl methyl sites for hydroxylation is 1. The summed E-state index contributed by atoms with van der Waals surface area (Å²) in [7, 11) is -1.80. The predicted molar refractivity (Wildman–Crippen MR) is 72.4 cm³/mol. The van der Waals surface area contributed by atoms with E-state index in [4.69, 9.17) is 10.5 Å². The van der Waals surface area contributed by atoms with Crippen molar-refractivity contribution in [3.05, 3.63) is 12.5 Å². The molecular weight excluding hydrogens is 280 g/mol. The van der Waals surface area contributed by atoms with E-state index in [0.29, 0.717) is 13.1 Å². The van der Waals surface area contributed by atoms with Gasteiger partial charge in [-0.05, 0) is 12.8 Å². The third-order valence-corrected chi connectivity index (χ3v) is 5.82. The Morgan fingerprint density at radius 1 is 1.45 bits per heavy atom. The zero-order chi connectivity index (χ0) is 14.3. The maximum Gasteiger partial charge on any atom is 0.262 e. The molecule has 0 saturated carbocycles. The highest BCUT2D eigenvalue weighted by Gasteiger charge is 2.43. The second-order valence-corrected chi connectivity index (χ2v) is 7.46. The standard InChI is InChI=1S/C12H20N4O3S/c1-15-7-12(14-8-15)20(17,18)16-5-9(10(13)6-16)11-3-2-4-19-11/h7-11H,2-6,13H2,1H3. The molecule has 2 saturated heterocycles. The molecule has 0 spiro atoms. The van der Waals surface area contributed by atoms with Crippen molar-refractivity contribution >= 4 is 10.0 Å². The summed E-state index contributed by atoms with van der Waals surface area (Å²) in [5.74, 6) is 0.0796. The molecule has 2 aliphatic rings. The lowest BCUT2D eigenvalue weighted by Crippen LogP contribution is -2.36. The topological polar surface area (TPSA) is 90.5 Å². The van der Waals surface area contributed by atoms with Crippen molar-refractivity contribution in [2.75, 3.05) is 19.7 Å². The van der Waals surface area contributed by atoms with Crippen molar-refractivity contribution in [1.29, 1.82) is 0 Å². The average molecular weight is 300 g/mol. The first-order valence-electron chi connectivity index (χ1n) is 6.84. The SMILES string of the molecule is Cn1cnc(S(=O)(=O)N2CC(N)C(C3CCCO3)C2)c1. The van der Waals surface area contributed by atoms with Crippen LogP contribution in [0, 0.1) is 5.92 Å². The molecule has 2 N–H and O–H groups in total. The van der Waals surface area contributed by atoms with E-state index in [9.17, 15) is 8.42 Å². The van der Waals surface area contributed by atoms with E-state index in [0.717, 1.165) is 19.4 Å². The molecule has 3 unspecified atom stereocenters. The van der Waals surface area contributed by atoms with Gasteiger partial charge in [0.25, 0.3) is 10.0 Å². The molecule has 1 aromatic rings. The van der Waals surface area contributed by atoms with E-state index >= 15 is 0 Å². The first-order chi connectivity index (χ1) is 9.48. The van der Waals surface area contributed by atoms with E-state index in [2.05, 4.69) is 4.98 Å². The third kappa shape index (κ3) is 2.37. The van der Waals surface area contributed by atoms with Crippen molar-refractivity contribution in [2.24, 2.45) is 18.7 Å². The Balaban J connectivity index is 1.78. The largest absolute Gasteiger partial charge is 0.378 e. The number of nitrogens with two attached hydrogens (primary N) is 1. The zero-order valence-corrected chi connectivity index (χ0v) is 12.3. The highest BCUT2D eigenvalue weighted by Crippen LogP contribution is 2.30. The van der Waals surface area contributed by atoms with Crippen LogP contribution in [0.1, 0.15) is 12.8 Å². The fraction of sp³-hybridized carbons (Fsp3) is 0.750. The smallest absolute Gasteiger partial charge is 0.262 e. The van der Waals surface area contributed by atoms with Crippen molar-refractivity contribution < 1.29 is 13.2 Å². The number of nitrogens with zero attached hydrogens (tertiary/aromatic N) is 3. The first-order valence-corrected chi connectivity index (χ1v) is 8.28. The van der Waals surface area contributed by atoms with Crippen LogP contribution in [0.5, 0.6) is 0 Å². The van der Waals surface area contributed by atoms with Gasteiger partial charge in [-0.2, -0.15) is 4.31 Å². The van der Waals surface area contributed by atoms with Gasteiger partial charge in [-0.1, -0.05) is 0 Å². The summed E-state index contributed by atoms with van der Waals surface area (Å²) in [6.07, 6.45) is 5.09. The van der Waals surface area contributed by atoms with Crippen LogP contribution < -0.4 is 5.73 Å². The average Bonchev–Trinajstić information content (AvgIpc) is 3.08. The molecule has 0 aliphatic carbocycles. The van der Waals surface area contributed by atoms with Gasteiger partial charge in [0.15, 0.2) is 5.03 Å². The second-order valence-electron chi connectivity index (χ2n) is 5.58. The summed E-state index contributed by atoms with van der Waals surface area (Å²) in [6, 6.07) is -0.170. The molecule has 3 heterocycles. The summed E-state index contributed by atoms with van der Waals surface area (Å²) in [5.41, 5.74) is 6.12. The van der Waals surface area contributed by atoms with Crippen LogP contribution in [-0.2, 0) is 21.8 Å². The Kier molecular flexibility index (Phi) is 3.57. The Labute approximate surface area is 118 Å². The Hall–Kier alpha value is -0.960. The van der Waals surface area contributed by atoms with E-state index in [-0.39, 0.29) is 23.1 Å². The lowest BCUT2D eigenvalue weighted by atomic mass is 9.96. The molecule has 0 radical (unpaired) electrons. The molecule has 3 atom stereocenters. The third-order valence-electron chi connectivity index (χ3n) is 4.11. The summed E-state index contributed by atoms with van der Waals surface area (Å²) in [4.78, 5) is 3.94. The van der Waals surface area contributed by atoms with Crippen LogP contribution in [0.25, 0.3) is 0 Å². The van der Waals surface area contributed by atoms with Crippen LogP contribution in [-0.4, -0.2) is 54.1 Å². The van der Waals surface area contributed by atoms with Crippen LogP contribution in [0.2, 0.25) is 0 Å². The molecule has 0 aromatic carbocycles. The van der Waals surface area contributed by atoms with Gasteiger partial charge in [0.05, 0.1) is 12.4 Å². The normalized spacial score (nSPS) is 32.0. The number of rotatable bonds is 3. The number of aromatic nitrogens is 2. The minimum atomic E-state index is -3.55. The molecule has 20 heavy (non-hydrogen) atoms.